The summed E-state index contributed by atoms with van der Waals surface area (Å²) in [6, 6.07) is 14.4. The highest BCUT2D eigenvalue weighted by Gasteiger charge is 2.08. The maximum absolute atomic E-state index is 12.2. The van der Waals surface area contributed by atoms with Gasteiger partial charge in [-0.15, -0.1) is 0 Å². The monoisotopic (exact) mass is 354 g/mol. The highest BCUT2D eigenvalue weighted by atomic mass is 16.4. The average Bonchev–Trinajstić information content (AvgIpc) is 2.62. The van der Waals surface area contributed by atoms with Crippen LogP contribution in [0.5, 0.6) is 0 Å². The molecule has 6 heteroatoms. The summed E-state index contributed by atoms with van der Waals surface area (Å²) in [7, 11) is 0. The van der Waals surface area contributed by atoms with Crippen LogP contribution in [0.1, 0.15) is 34.8 Å². The van der Waals surface area contributed by atoms with Gasteiger partial charge in [0.05, 0.1) is 12.8 Å². The lowest BCUT2D eigenvalue weighted by molar-refractivity contribution is -0.136. The molecule has 0 aliphatic heterocycles. The number of aliphatic carboxylic acids is 1. The average molecular weight is 354 g/mol. The molecule has 2 amide bonds. The summed E-state index contributed by atoms with van der Waals surface area (Å²) in [5, 5.41) is 13.9. The van der Waals surface area contributed by atoms with Crippen LogP contribution in [0.4, 0.5) is 5.69 Å². The molecule has 6 nitrogen and oxygen atoms in total. The first-order valence-electron chi connectivity index (χ1n) is 8.45. The number of carboxylic acids is 1. The molecular weight excluding hydrogens is 332 g/mol. The summed E-state index contributed by atoms with van der Waals surface area (Å²) in [4.78, 5) is 34.5. The van der Waals surface area contributed by atoms with Crippen LogP contribution in [0, 0.1) is 0 Å². The normalized spacial score (nSPS) is 10.2. The molecule has 2 aromatic carbocycles. The second kappa shape index (κ2) is 9.36. The summed E-state index contributed by atoms with van der Waals surface area (Å²) >= 11 is 0. The Morgan fingerprint density at radius 2 is 1.69 bits per heavy atom. The van der Waals surface area contributed by atoms with Crippen molar-refractivity contribution in [2.45, 2.75) is 26.2 Å². The largest absolute Gasteiger partial charge is 0.481 e. The maximum atomic E-state index is 12.2. The number of carboxylic acid groups (broad SMARTS) is 1. The Labute approximate surface area is 152 Å². The van der Waals surface area contributed by atoms with Crippen LogP contribution < -0.4 is 10.6 Å². The molecule has 0 radical (unpaired) electrons. The van der Waals surface area contributed by atoms with Crippen molar-refractivity contribution < 1.29 is 19.5 Å². The van der Waals surface area contributed by atoms with Gasteiger partial charge in [-0.25, -0.2) is 0 Å². The molecular formula is C20H22N2O4. The number of hydrogen-bond donors (Lipinski definition) is 3. The smallest absolute Gasteiger partial charge is 0.305 e. The van der Waals surface area contributed by atoms with Crippen LogP contribution in [0.25, 0.3) is 0 Å². The van der Waals surface area contributed by atoms with Gasteiger partial charge in [-0.2, -0.15) is 0 Å². The summed E-state index contributed by atoms with van der Waals surface area (Å²) < 4.78 is 0. The molecule has 26 heavy (non-hydrogen) atoms. The molecule has 0 spiro atoms. The lowest BCUT2D eigenvalue weighted by Crippen LogP contribution is -2.26. The van der Waals surface area contributed by atoms with Crippen molar-refractivity contribution in [1.29, 1.82) is 0 Å². The number of hydrogen-bond acceptors (Lipinski definition) is 3. The minimum atomic E-state index is -0.965. The Bertz CT molecular complexity index is 785. The summed E-state index contributed by atoms with van der Waals surface area (Å²) in [5.74, 6) is -1.44. The SMILES string of the molecule is CCc1cccc(CC(=O)Nc2ccc(C(=O)NCCC(=O)O)cc2)c1. The van der Waals surface area contributed by atoms with Gasteiger partial charge < -0.3 is 15.7 Å². The van der Waals surface area contributed by atoms with Crippen LogP contribution >= 0.6 is 0 Å². The summed E-state index contributed by atoms with van der Waals surface area (Å²) in [5.41, 5.74) is 3.15. The Hall–Kier alpha value is -3.15. The van der Waals surface area contributed by atoms with Crippen molar-refractivity contribution in [3.8, 4) is 0 Å². The van der Waals surface area contributed by atoms with Crippen LogP contribution in [0.15, 0.2) is 48.5 Å². The molecule has 3 N–H and O–H groups in total. The van der Waals surface area contributed by atoms with Gasteiger partial charge in [0.25, 0.3) is 5.91 Å². The second-order valence-corrected chi connectivity index (χ2v) is 5.88. The third-order valence-corrected chi connectivity index (χ3v) is 3.82. The van der Waals surface area contributed by atoms with Crippen molar-refractivity contribution in [3.63, 3.8) is 0 Å². The third-order valence-electron chi connectivity index (χ3n) is 3.82. The van der Waals surface area contributed by atoms with Gasteiger partial charge in [-0.05, 0) is 41.8 Å². The number of benzene rings is 2. The van der Waals surface area contributed by atoms with Crippen LogP contribution in [0.3, 0.4) is 0 Å². The van der Waals surface area contributed by atoms with E-state index in [0.29, 0.717) is 11.3 Å². The van der Waals surface area contributed by atoms with E-state index in [9.17, 15) is 14.4 Å². The van der Waals surface area contributed by atoms with Gasteiger partial charge in [-0.3, -0.25) is 14.4 Å². The van der Waals surface area contributed by atoms with Crippen molar-refractivity contribution in [3.05, 3.63) is 65.2 Å². The fraction of sp³-hybridized carbons (Fsp3) is 0.250. The van der Waals surface area contributed by atoms with Gasteiger partial charge in [0.15, 0.2) is 0 Å². The van der Waals surface area contributed by atoms with E-state index in [-0.39, 0.29) is 31.2 Å². The summed E-state index contributed by atoms with van der Waals surface area (Å²) in [6.45, 7) is 2.14. The van der Waals surface area contributed by atoms with Crippen molar-refractivity contribution >= 4 is 23.5 Å². The molecule has 0 fully saturated rings. The van der Waals surface area contributed by atoms with E-state index in [4.69, 9.17) is 5.11 Å². The fourth-order valence-corrected chi connectivity index (χ4v) is 2.44. The minimum absolute atomic E-state index is 0.0729. The Morgan fingerprint density at radius 1 is 1.00 bits per heavy atom. The highest BCUT2D eigenvalue weighted by Crippen LogP contribution is 2.12. The Morgan fingerprint density at radius 3 is 2.35 bits per heavy atom. The fourth-order valence-electron chi connectivity index (χ4n) is 2.44. The zero-order chi connectivity index (χ0) is 18.9. The van der Waals surface area contributed by atoms with E-state index in [1.165, 1.54) is 5.56 Å². The van der Waals surface area contributed by atoms with Gasteiger partial charge in [-0.1, -0.05) is 31.2 Å². The molecule has 0 atom stereocenters. The van der Waals surface area contributed by atoms with E-state index in [2.05, 4.69) is 17.6 Å². The molecule has 0 aromatic heterocycles. The van der Waals surface area contributed by atoms with Gasteiger partial charge in [0.2, 0.25) is 5.91 Å². The number of rotatable bonds is 8. The van der Waals surface area contributed by atoms with Crippen LogP contribution in [-0.2, 0) is 22.4 Å². The molecule has 0 saturated carbocycles. The predicted molar refractivity (Wildman–Crippen MR) is 99.2 cm³/mol. The molecule has 0 aliphatic carbocycles. The van der Waals surface area contributed by atoms with Crippen molar-refractivity contribution in [2.75, 3.05) is 11.9 Å². The van der Waals surface area contributed by atoms with E-state index < -0.39 is 5.97 Å². The van der Waals surface area contributed by atoms with E-state index in [1.54, 1.807) is 24.3 Å². The Kier molecular flexibility index (Phi) is 6.91. The Balaban J connectivity index is 1.88. The van der Waals surface area contributed by atoms with Gasteiger partial charge in [0.1, 0.15) is 0 Å². The zero-order valence-corrected chi connectivity index (χ0v) is 14.6. The second-order valence-electron chi connectivity index (χ2n) is 5.88. The van der Waals surface area contributed by atoms with Gasteiger partial charge >= 0.3 is 5.97 Å². The number of aryl methyl sites for hydroxylation is 1. The first-order valence-corrected chi connectivity index (χ1v) is 8.45. The quantitative estimate of drug-likeness (QED) is 0.679. The van der Waals surface area contributed by atoms with Crippen molar-refractivity contribution in [1.82, 2.24) is 5.32 Å². The number of carbonyl (C=O) groups excluding carboxylic acids is 2. The lowest BCUT2D eigenvalue weighted by atomic mass is 10.1. The zero-order valence-electron chi connectivity index (χ0n) is 14.6. The molecule has 2 aromatic rings. The molecule has 0 unspecified atom stereocenters. The van der Waals surface area contributed by atoms with Gasteiger partial charge in [0, 0.05) is 17.8 Å². The van der Waals surface area contributed by atoms with E-state index in [0.717, 1.165) is 12.0 Å². The first kappa shape index (κ1) is 19.2. The van der Waals surface area contributed by atoms with Crippen LogP contribution in [-0.4, -0.2) is 29.4 Å². The standard InChI is InChI=1S/C20H22N2O4/c1-2-14-4-3-5-15(12-14)13-18(23)22-17-8-6-16(7-9-17)20(26)21-11-10-19(24)25/h3-9,12H,2,10-11,13H2,1H3,(H,21,26)(H,22,23)(H,24,25). The first-order chi connectivity index (χ1) is 12.5. The lowest BCUT2D eigenvalue weighted by Gasteiger charge is -2.08. The number of carbonyl (C=O) groups is 3. The molecule has 0 heterocycles. The van der Waals surface area contributed by atoms with Crippen LogP contribution in [0.2, 0.25) is 0 Å². The predicted octanol–water partition coefficient (Wildman–Crippen LogP) is 2.63. The van der Waals surface area contributed by atoms with E-state index >= 15 is 0 Å². The number of amides is 2. The molecule has 0 bridgehead atoms. The number of anilines is 1. The maximum Gasteiger partial charge on any atom is 0.305 e. The van der Waals surface area contributed by atoms with Crippen molar-refractivity contribution in [2.24, 2.45) is 0 Å². The molecule has 136 valence electrons. The third kappa shape index (κ3) is 6.05. The topological polar surface area (TPSA) is 95.5 Å². The van der Waals surface area contributed by atoms with E-state index in [1.807, 2.05) is 24.3 Å². The highest BCUT2D eigenvalue weighted by molar-refractivity contribution is 5.96. The molecule has 0 saturated heterocycles. The number of nitrogens with one attached hydrogen (secondary N) is 2. The minimum Gasteiger partial charge on any atom is -0.481 e. The molecule has 2 rings (SSSR count). The summed E-state index contributed by atoms with van der Waals surface area (Å²) in [6.07, 6.45) is 1.08. The molecule has 0 aliphatic rings.